The zero-order valence-corrected chi connectivity index (χ0v) is 12.5. The summed E-state index contributed by atoms with van der Waals surface area (Å²) in [7, 11) is 0. The standard InChI is InChI=1S/C14H30N4O/c1-14(2,13(15)17-19)7-6-8-16-9-12-18-10-4-3-5-11-18/h16,19H,3-12H2,1-2H3,(H2,15,17). The Balaban J connectivity index is 2.01. The summed E-state index contributed by atoms with van der Waals surface area (Å²) >= 11 is 0. The van der Waals surface area contributed by atoms with Crippen LogP contribution < -0.4 is 11.1 Å². The number of rotatable bonds is 8. The number of hydrogen-bond acceptors (Lipinski definition) is 4. The molecule has 1 aliphatic heterocycles. The van der Waals surface area contributed by atoms with Gasteiger partial charge in [-0.3, -0.25) is 0 Å². The van der Waals surface area contributed by atoms with Gasteiger partial charge in [-0.25, -0.2) is 0 Å². The highest BCUT2D eigenvalue weighted by molar-refractivity contribution is 5.85. The molecule has 19 heavy (non-hydrogen) atoms. The Kier molecular flexibility index (Phi) is 7.16. The van der Waals surface area contributed by atoms with Crippen molar-refractivity contribution in [2.75, 3.05) is 32.7 Å². The van der Waals surface area contributed by atoms with Gasteiger partial charge in [0.1, 0.15) is 5.84 Å². The maximum absolute atomic E-state index is 8.70. The normalized spacial score (nSPS) is 18.7. The second kappa shape index (κ2) is 8.38. The summed E-state index contributed by atoms with van der Waals surface area (Å²) in [6, 6.07) is 0. The van der Waals surface area contributed by atoms with E-state index in [0.29, 0.717) is 5.84 Å². The number of oxime groups is 1. The minimum Gasteiger partial charge on any atom is -0.409 e. The van der Waals surface area contributed by atoms with Crippen LogP contribution in [0.2, 0.25) is 0 Å². The molecule has 1 fully saturated rings. The van der Waals surface area contributed by atoms with Crippen molar-refractivity contribution in [2.45, 2.75) is 46.0 Å². The van der Waals surface area contributed by atoms with Gasteiger partial charge in [-0.2, -0.15) is 0 Å². The Morgan fingerprint density at radius 3 is 2.58 bits per heavy atom. The Bertz CT molecular complexity index is 273. The molecular formula is C14H30N4O. The first-order valence-electron chi connectivity index (χ1n) is 7.47. The monoisotopic (exact) mass is 270 g/mol. The lowest BCUT2D eigenvalue weighted by atomic mass is 9.86. The summed E-state index contributed by atoms with van der Waals surface area (Å²) in [5, 5.41) is 15.3. The summed E-state index contributed by atoms with van der Waals surface area (Å²) < 4.78 is 0. The fourth-order valence-corrected chi connectivity index (χ4v) is 2.46. The highest BCUT2D eigenvalue weighted by Crippen LogP contribution is 2.21. The second-order valence-corrected chi connectivity index (χ2v) is 6.12. The molecule has 0 saturated carbocycles. The van der Waals surface area contributed by atoms with Crippen molar-refractivity contribution in [1.82, 2.24) is 10.2 Å². The van der Waals surface area contributed by atoms with Crippen LogP contribution in [-0.2, 0) is 0 Å². The molecule has 0 bridgehead atoms. The highest BCUT2D eigenvalue weighted by Gasteiger charge is 2.22. The first-order valence-corrected chi connectivity index (χ1v) is 7.47. The molecule has 0 unspecified atom stereocenters. The Hall–Kier alpha value is -0.810. The van der Waals surface area contributed by atoms with Gasteiger partial charge >= 0.3 is 0 Å². The average Bonchev–Trinajstić information content (AvgIpc) is 2.42. The lowest BCUT2D eigenvalue weighted by Crippen LogP contribution is -2.36. The fourth-order valence-electron chi connectivity index (χ4n) is 2.46. The number of nitrogens with one attached hydrogen (secondary N) is 1. The third-order valence-corrected chi connectivity index (χ3v) is 4.01. The van der Waals surface area contributed by atoms with Gasteiger partial charge in [0, 0.05) is 18.5 Å². The molecule has 0 aromatic carbocycles. The van der Waals surface area contributed by atoms with Crippen LogP contribution in [-0.4, -0.2) is 48.7 Å². The summed E-state index contributed by atoms with van der Waals surface area (Å²) in [4.78, 5) is 2.54. The molecule has 0 atom stereocenters. The molecule has 0 radical (unpaired) electrons. The van der Waals surface area contributed by atoms with Gasteiger partial charge in [-0.1, -0.05) is 25.4 Å². The molecule has 5 heteroatoms. The Morgan fingerprint density at radius 2 is 1.95 bits per heavy atom. The van der Waals surface area contributed by atoms with E-state index in [-0.39, 0.29) is 5.41 Å². The van der Waals surface area contributed by atoms with E-state index in [1.165, 1.54) is 32.4 Å². The van der Waals surface area contributed by atoms with E-state index in [1.54, 1.807) is 0 Å². The average molecular weight is 270 g/mol. The topological polar surface area (TPSA) is 73.9 Å². The molecule has 0 aliphatic carbocycles. The minimum atomic E-state index is -0.219. The Labute approximate surface area is 117 Å². The van der Waals surface area contributed by atoms with E-state index in [1.807, 2.05) is 13.8 Å². The molecule has 1 heterocycles. The smallest absolute Gasteiger partial charge is 0.144 e. The van der Waals surface area contributed by atoms with Gasteiger partial charge in [0.05, 0.1) is 0 Å². The SMILES string of the molecule is CC(C)(CCCNCCN1CCCCC1)C(N)=NO. The number of likely N-dealkylation sites (tertiary alicyclic amines) is 1. The van der Waals surface area contributed by atoms with Crippen LogP contribution in [0.25, 0.3) is 0 Å². The molecule has 1 rings (SSSR count). The first kappa shape index (κ1) is 16.2. The van der Waals surface area contributed by atoms with Crippen molar-refractivity contribution in [1.29, 1.82) is 0 Å². The molecule has 1 saturated heterocycles. The maximum Gasteiger partial charge on any atom is 0.144 e. The predicted octanol–water partition coefficient (Wildman–Crippen LogP) is 1.61. The van der Waals surface area contributed by atoms with Crippen molar-refractivity contribution in [3.05, 3.63) is 0 Å². The zero-order chi connectivity index (χ0) is 14.1. The van der Waals surface area contributed by atoms with Crippen molar-refractivity contribution < 1.29 is 5.21 Å². The van der Waals surface area contributed by atoms with Crippen LogP contribution in [0.4, 0.5) is 0 Å². The van der Waals surface area contributed by atoms with Crippen molar-refractivity contribution >= 4 is 5.84 Å². The third kappa shape index (κ3) is 6.25. The van der Waals surface area contributed by atoms with Gasteiger partial charge < -0.3 is 21.2 Å². The van der Waals surface area contributed by atoms with Gasteiger partial charge in [-0.05, 0) is 45.3 Å². The van der Waals surface area contributed by atoms with Gasteiger partial charge in [0.2, 0.25) is 0 Å². The molecule has 0 amide bonds. The third-order valence-electron chi connectivity index (χ3n) is 4.01. The van der Waals surface area contributed by atoms with Gasteiger partial charge in [0.15, 0.2) is 0 Å². The molecule has 0 spiro atoms. The quantitative estimate of drug-likeness (QED) is 0.206. The van der Waals surface area contributed by atoms with E-state index < -0.39 is 0 Å². The molecule has 0 aromatic rings. The van der Waals surface area contributed by atoms with E-state index in [9.17, 15) is 0 Å². The molecule has 112 valence electrons. The minimum absolute atomic E-state index is 0.219. The number of nitrogens with two attached hydrogens (primary N) is 1. The summed E-state index contributed by atoms with van der Waals surface area (Å²) in [5.41, 5.74) is 5.44. The zero-order valence-electron chi connectivity index (χ0n) is 12.5. The number of nitrogens with zero attached hydrogens (tertiary/aromatic N) is 2. The number of piperidine rings is 1. The van der Waals surface area contributed by atoms with Crippen molar-refractivity contribution in [2.24, 2.45) is 16.3 Å². The van der Waals surface area contributed by atoms with Crippen LogP contribution in [0, 0.1) is 5.41 Å². The van der Waals surface area contributed by atoms with Crippen LogP contribution >= 0.6 is 0 Å². The van der Waals surface area contributed by atoms with E-state index >= 15 is 0 Å². The maximum atomic E-state index is 8.70. The number of amidine groups is 1. The molecular weight excluding hydrogens is 240 g/mol. The summed E-state index contributed by atoms with van der Waals surface area (Å²) in [6.45, 7) is 9.76. The van der Waals surface area contributed by atoms with Crippen molar-refractivity contribution in [3.8, 4) is 0 Å². The largest absolute Gasteiger partial charge is 0.409 e. The predicted molar refractivity (Wildman–Crippen MR) is 79.6 cm³/mol. The van der Waals surface area contributed by atoms with Crippen molar-refractivity contribution in [3.63, 3.8) is 0 Å². The molecule has 0 aromatic heterocycles. The second-order valence-electron chi connectivity index (χ2n) is 6.12. The number of hydrogen-bond donors (Lipinski definition) is 3. The van der Waals surface area contributed by atoms with Gasteiger partial charge in [-0.15, -0.1) is 0 Å². The highest BCUT2D eigenvalue weighted by atomic mass is 16.4. The van der Waals surface area contributed by atoms with Crippen LogP contribution in [0.3, 0.4) is 0 Å². The first-order chi connectivity index (χ1) is 9.06. The molecule has 4 N–H and O–H groups in total. The summed E-state index contributed by atoms with van der Waals surface area (Å²) in [5.74, 6) is 0.320. The van der Waals surface area contributed by atoms with E-state index in [0.717, 1.165) is 32.5 Å². The van der Waals surface area contributed by atoms with Crippen LogP contribution in [0.15, 0.2) is 5.16 Å². The van der Waals surface area contributed by atoms with E-state index in [4.69, 9.17) is 10.9 Å². The van der Waals surface area contributed by atoms with Crippen LogP contribution in [0.5, 0.6) is 0 Å². The lowest BCUT2D eigenvalue weighted by Gasteiger charge is -2.26. The molecule has 1 aliphatic rings. The van der Waals surface area contributed by atoms with Gasteiger partial charge in [0.25, 0.3) is 0 Å². The molecule has 5 nitrogen and oxygen atoms in total. The lowest BCUT2D eigenvalue weighted by molar-refractivity contribution is 0.229. The fraction of sp³-hybridized carbons (Fsp3) is 0.929. The Morgan fingerprint density at radius 1 is 1.26 bits per heavy atom. The van der Waals surface area contributed by atoms with E-state index in [2.05, 4.69) is 15.4 Å². The summed E-state index contributed by atoms with van der Waals surface area (Å²) in [6.07, 6.45) is 6.08. The van der Waals surface area contributed by atoms with Crippen LogP contribution in [0.1, 0.15) is 46.0 Å².